The minimum Gasteiger partial charge on any atom is -0.490 e. The molecule has 0 aliphatic carbocycles. The fourth-order valence-electron chi connectivity index (χ4n) is 1.49. The summed E-state index contributed by atoms with van der Waals surface area (Å²) in [7, 11) is 0. The van der Waals surface area contributed by atoms with E-state index in [9.17, 15) is 4.79 Å². The normalized spacial score (nSPS) is 10.2. The van der Waals surface area contributed by atoms with Gasteiger partial charge in [0.15, 0.2) is 11.5 Å². The third-order valence-corrected chi connectivity index (χ3v) is 2.37. The van der Waals surface area contributed by atoms with Crippen molar-refractivity contribution < 1.29 is 23.9 Å². The van der Waals surface area contributed by atoms with E-state index >= 15 is 0 Å². The molecule has 1 aromatic heterocycles. The summed E-state index contributed by atoms with van der Waals surface area (Å²) in [6.45, 7) is 2.51. The van der Waals surface area contributed by atoms with Crippen LogP contribution in [-0.2, 0) is 6.61 Å². The number of benzene rings is 1. The minimum atomic E-state index is -1.01. The van der Waals surface area contributed by atoms with Crippen LogP contribution in [0, 0.1) is 0 Å². The van der Waals surface area contributed by atoms with Gasteiger partial charge in [0.2, 0.25) is 0 Å². The second-order valence-corrected chi connectivity index (χ2v) is 3.72. The van der Waals surface area contributed by atoms with E-state index in [1.165, 1.54) is 18.4 Å². The van der Waals surface area contributed by atoms with Gasteiger partial charge in [-0.2, -0.15) is 0 Å². The van der Waals surface area contributed by atoms with E-state index < -0.39 is 5.97 Å². The molecule has 6 nitrogen and oxygen atoms in total. The lowest BCUT2D eigenvalue weighted by Gasteiger charge is -2.11. The van der Waals surface area contributed by atoms with Gasteiger partial charge in [0.05, 0.1) is 18.4 Å². The Bertz CT molecular complexity index is 550. The largest absolute Gasteiger partial charge is 0.490 e. The first-order chi connectivity index (χ1) is 9.20. The Morgan fingerprint density at radius 2 is 2.21 bits per heavy atom. The Kier molecular flexibility index (Phi) is 4.02. The van der Waals surface area contributed by atoms with Gasteiger partial charge in [-0.15, -0.1) is 0 Å². The summed E-state index contributed by atoms with van der Waals surface area (Å²) in [4.78, 5) is 10.9. The van der Waals surface area contributed by atoms with Gasteiger partial charge >= 0.3 is 5.97 Å². The molecule has 0 aliphatic rings. The average Bonchev–Trinajstić information content (AvgIpc) is 2.90. The van der Waals surface area contributed by atoms with Gasteiger partial charge < -0.3 is 19.1 Å². The lowest BCUT2D eigenvalue weighted by Crippen LogP contribution is -2.02. The topological polar surface area (TPSA) is 81.8 Å². The number of rotatable bonds is 6. The Labute approximate surface area is 109 Å². The summed E-state index contributed by atoms with van der Waals surface area (Å²) in [5.74, 6) is -0.126. The summed E-state index contributed by atoms with van der Waals surface area (Å²) < 4.78 is 15.6. The van der Waals surface area contributed by atoms with Gasteiger partial charge in [-0.05, 0) is 25.1 Å². The van der Waals surface area contributed by atoms with Crippen molar-refractivity contribution in [1.29, 1.82) is 0 Å². The predicted molar refractivity (Wildman–Crippen MR) is 65.4 cm³/mol. The molecule has 1 heterocycles. The maximum atomic E-state index is 10.9. The molecule has 6 heteroatoms. The summed E-state index contributed by atoms with van der Waals surface area (Å²) >= 11 is 0. The first kappa shape index (κ1) is 12.9. The number of hydrogen-bond acceptors (Lipinski definition) is 5. The van der Waals surface area contributed by atoms with Crippen molar-refractivity contribution >= 4 is 5.97 Å². The lowest BCUT2D eigenvalue weighted by molar-refractivity contribution is 0.0696. The van der Waals surface area contributed by atoms with E-state index in [2.05, 4.69) is 5.16 Å². The number of aromatic carboxylic acids is 1. The zero-order valence-electron chi connectivity index (χ0n) is 10.3. The van der Waals surface area contributed by atoms with Crippen LogP contribution in [0.15, 0.2) is 35.2 Å². The maximum absolute atomic E-state index is 10.9. The molecule has 0 bridgehead atoms. The van der Waals surface area contributed by atoms with E-state index in [1.807, 2.05) is 6.92 Å². The van der Waals surface area contributed by atoms with Gasteiger partial charge in [-0.25, -0.2) is 4.79 Å². The molecule has 0 saturated heterocycles. The fourth-order valence-corrected chi connectivity index (χ4v) is 1.49. The highest BCUT2D eigenvalue weighted by atomic mass is 16.5. The third-order valence-electron chi connectivity index (χ3n) is 2.37. The van der Waals surface area contributed by atoms with Crippen LogP contribution in [0.5, 0.6) is 11.5 Å². The molecule has 100 valence electrons. The van der Waals surface area contributed by atoms with E-state index in [0.717, 1.165) is 5.56 Å². The molecule has 0 aliphatic heterocycles. The van der Waals surface area contributed by atoms with E-state index in [-0.39, 0.29) is 12.2 Å². The summed E-state index contributed by atoms with van der Waals surface area (Å²) in [6, 6.07) is 4.48. The van der Waals surface area contributed by atoms with Crippen LogP contribution < -0.4 is 9.47 Å². The van der Waals surface area contributed by atoms with E-state index in [1.54, 1.807) is 12.3 Å². The highest BCUT2D eigenvalue weighted by Gasteiger charge is 2.11. The molecule has 1 aromatic carbocycles. The molecule has 0 unspecified atom stereocenters. The first-order valence-electron chi connectivity index (χ1n) is 5.72. The molecule has 2 rings (SSSR count). The molecule has 0 spiro atoms. The Morgan fingerprint density at radius 1 is 1.37 bits per heavy atom. The van der Waals surface area contributed by atoms with Gasteiger partial charge in [0, 0.05) is 5.56 Å². The molecule has 0 radical (unpaired) electrons. The molecule has 1 N–H and O–H groups in total. The maximum Gasteiger partial charge on any atom is 0.335 e. The molecular formula is C13H13NO5. The Morgan fingerprint density at radius 3 is 2.84 bits per heavy atom. The van der Waals surface area contributed by atoms with Crippen LogP contribution in [0.3, 0.4) is 0 Å². The molecule has 0 fully saturated rings. The first-order valence-corrected chi connectivity index (χ1v) is 5.72. The van der Waals surface area contributed by atoms with Crippen LogP contribution in [0.2, 0.25) is 0 Å². The number of hydrogen-bond donors (Lipinski definition) is 1. The van der Waals surface area contributed by atoms with Gasteiger partial charge in [0.1, 0.15) is 12.9 Å². The van der Waals surface area contributed by atoms with Crippen LogP contribution >= 0.6 is 0 Å². The van der Waals surface area contributed by atoms with Crippen molar-refractivity contribution in [1.82, 2.24) is 5.16 Å². The van der Waals surface area contributed by atoms with E-state index in [0.29, 0.717) is 18.1 Å². The van der Waals surface area contributed by atoms with Crippen LogP contribution in [-0.4, -0.2) is 22.8 Å². The van der Waals surface area contributed by atoms with E-state index in [4.69, 9.17) is 19.1 Å². The molecular weight excluding hydrogens is 250 g/mol. The number of carboxylic acids is 1. The SMILES string of the molecule is CCOc1cc(C(=O)O)ccc1OCc1cnoc1. The number of aromatic nitrogens is 1. The fraction of sp³-hybridized carbons (Fsp3) is 0.231. The predicted octanol–water partition coefficient (Wildman–Crippen LogP) is 2.35. The van der Waals surface area contributed by atoms with Crippen molar-refractivity contribution in [3.8, 4) is 11.5 Å². The third kappa shape index (κ3) is 3.25. The number of carboxylic acid groups (broad SMARTS) is 1. The Balaban J connectivity index is 2.16. The Hall–Kier alpha value is -2.50. The van der Waals surface area contributed by atoms with Gasteiger partial charge in [-0.1, -0.05) is 5.16 Å². The van der Waals surface area contributed by atoms with Crippen LogP contribution in [0.25, 0.3) is 0 Å². The second kappa shape index (κ2) is 5.90. The molecule has 0 saturated carbocycles. The molecule has 0 atom stereocenters. The highest BCUT2D eigenvalue weighted by molar-refractivity contribution is 5.88. The molecule has 0 amide bonds. The van der Waals surface area contributed by atoms with Crippen molar-refractivity contribution in [2.24, 2.45) is 0 Å². The minimum absolute atomic E-state index is 0.153. The van der Waals surface area contributed by atoms with Crippen LogP contribution in [0.1, 0.15) is 22.8 Å². The standard InChI is InChI=1S/C13H13NO5/c1-2-17-12-5-10(13(15)16)3-4-11(12)18-7-9-6-14-19-8-9/h3-6,8H,2,7H2,1H3,(H,15,16). The zero-order valence-corrected chi connectivity index (χ0v) is 10.3. The van der Waals surface area contributed by atoms with Gasteiger partial charge in [0.25, 0.3) is 0 Å². The summed E-state index contributed by atoms with van der Waals surface area (Å²) in [5.41, 5.74) is 0.936. The summed E-state index contributed by atoms with van der Waals surface area (Å²) in [6.07, 6.45) is 3.03. The van der Waals surface area contributed by atoms with Crippen molar-refractivity contribution in [2.45, 2.75) is 13.5 Å². The monoisotopic (exact) mass is 263 g/mol. The molecule has 19 heavy (non-hydrogen) atoms. The quantitative estimate of drug-likeness (QED) is 0.861. The highest BCUT2D eigenvalue weighted by Crippen LogP contribution is 2.29. The number of nitrogens with zero attached hydrogens (tertiary/aromatic N) is 1. The smallest absolute Gasteiger partial charge is 0.335 e. The average molecular weight is 263 g/mol. The molecule has 2 aromatic rings. The number of carbonyl (C=O) groups is 1. The van der Waals surface area contributed by atoms with Crippen molar-refractivity contribution in [3.05, 3.63) is 41.8 Å². The van der Waals surface area contributed by atoms with Crippen LogP contribution in [0.4, 0.5) is 0 Å². The lowest BCUT2D eigenvalue weighted by atomic mass is 10.2. The van der Waals surface area contributed by atoms with Crippen molar-refractivity contribution in [2.75, 3.05) is 6.61 Å². The second-order valence-electron chi connectivity index (χ2n) is 3.72. The zero-order chi connectivity index (χ0) is 13.7. The van der Waals surface area contributed by atoms with Crippen molar-refractivity contribution in [3.63, 3.8) is 0 Å². The summed E-state index contributed by atoms with van der Waals surface area (Å²) in [5, 5.41) is 12.5. The van der Waals surface area contributed by atoms with Gasteiger partial charge in [-0.3, -0.25) is 0 Å². The number of ether oxygens (including phenoxy) is 2.